The Balaban J connectivity index is 1.48. The number of hydrogen-bond acceptors (Lipinski definition) is 5. The first-order chi connectivity index (χ1) is 13.3. The van der Waals surface area contributed by atoms with Crippen LogP contribution in [0.15, 0.2) is 53.4 Å². The summed E-state index contributed by atoms with van der Waals surface area (Å²) in [4.78, 5) is 17.0. The SMILES string of the molecule is CN1CCN(C(=O)CCCOc2ccc(S(C)(=O)=O)cc2)Cc2ccccc21. The number of rotatable bonds is 6. The molecule has 0 radical (unpaired) electrons. The lowest BCUT2D eigenvalue weighted by atomic mass is 10.1. The summed E-state index contributed by atoms with van der Waals surface area (Å²) in [7, 11) is -1.15. The number of likely N-dealkylation sites (N-methyl/N-ethyl adjacent to an activating group) is 1. The zero-order valence-corrected chi connectivity index (χ0v) is 17.1. The first-order valence-corrected chi connectivity index (χ1v) is 11.2. The van der Waals surface area contributed by atoms with Crippen molar-refractivity contribution in [3.63, 3.8) is 0 Å². The summed E-state index contributed by atoms with van der Waals surface area (Å²) in [5, 5.41) is 0. The number of anilines is 1. The highest BCUT2D eigenvalue weighted by molar-refractivity contribution is 7.90. The van der Waals surface area contributed by atoms with Crippen LogP contribution < -0.4 is 9.64 Å². The Kier molecular flexibility index (Phi) is 6.24. The fourth-order valence-corrected chi connectivity index (χ4v) is 3.89. The van der Waals surface area contributed by atoms with Gasteiger partial charge in [-0.2, -0.15) is 0 Å². The number of hydrogen-bond donors (Lipinski definition) is 0. The van der Waals surface area contributed by atoms with Crippen molar-refractivity contribution in [2.75, 3.05) is 37.9 Å². The molecule has 0 saturated heterocycles. The average Bonchev–Trinajstić information content (AvgIpc) is 2.84. The van der Waals surface area contributed by atoms with Gasteiger partial charge in [0, 0.05) is 45.0 Å². The monoisotopic (exact) mass is 402 g/mol. The maximum atomic E-state index is 12.6. The normalized spacial score (nSPS) is 14.4. The van der Waals surface area contributed by atoms with E-state index in [4.69, 9.17) is 4.74 Å². The lowest BCUT2D eigenvalue weighted by molar-refractivity contribution is -0.131. The van der Waals surface area contributed by atoms with Crippen molar-refractivity contribution < 1.29 is 17.9 Å². The summed E-state index contributed by atoms with van der Waals surface area (Å²) >= 11 is 0. The quantitative estimate of drug-likeness (QED) is 0.695. The number of amides is 1. The summed E-state index contributed by atoms with van der Waals surface area (Å²) in [6, 6.07) is 14.5. The highest BCUT2D eigenvalue weighted by atomic mass is 32.2. The van der Waals surface area contributed by atoms with Gasteiger partial charge in [-0.05, 0) is 42.3 Å². The number of ether oxygens (including phenoxy) is 1. The number of benzene rings is 2. The number of carbonyl (C=O) groups is 1. The summed E-state index contributed by atoms with van der Waals surface area (Å²) in [6.07, 6.45) is 2.21. The molecule has 7 heteroatoms. The molecule has 0 bridgehead atoms. The van der Waals surface area contributed by atoms with E-state index in [1.165, 1.54) is 24.1 Å². The second kappa shape index (κ2) is 8.65. The predicted octanol–water partition coefficient (Wildman–Crippen LogP) is 2.73. The fourth-order valence-electron chi connectivity index (χ4n) is 3.26. The lowest BCUT2D eigenvalue weighted by Crippen LogP contribution is -2.34. The van der Waals surface area contributed by atoms with E-state index in [0.717, 1.165) is 12.1 Å². The molecule has 1 aliphatic heterocycles. The van der Waals surface area contributed by atoms with Gasteiger partial charge in [-0.25, -0.2) is 8.42 Å². The van der Waals surface area contributed by atoms with Gasteiger partial charge in [-0.15, -0.1) is 0 Å². The van der Waals surface area contributed by atoms with Crippen LogP contribution in [0.25, 0.3) is 0 Å². The minimum Gasteiger partial charge on any atom is -0.494 e. The molecule has 28 heavy (non-hydrogen) atoms. The molecule has 2 aromatic rings. The molecule has 1 aliphatic rings. The first-order valence-electron chi connectivity index (χ1n) is 9.34. The molecule has 3 rings (SSSR count). The third-order valence-electron chi connectivity index (χ3n) is 4.88. The molecule has 0 N–H and O–H groups in total. The Hall–Kier alpha value is -2.54. The van der Waals surface area contributed by atoms with E-state index in [1.54, 1.807) is 12.1 Å². The van der Waals surface area contributed by atoms with Crippen LogP contribution in [0, 0.1) is 0 Å². The molecular formula is C21H26N2O4S. The summed E-state index contributed by atoms with van der Waals surface area (Å²) < 4.78 is 28.6. The maximum absolute atomic E-state index is 12.6. The van der Waals surface area contributed by atoms with Crippen LogP contribution in [0.1, 0.15) is 18.4 Å². The van der Waals surface area contributed by atoms with E-state index in [2.05, 4.69) is 24.1 Å². The number of nitrogens with zero attached hydrogens (tertiary/aromatic N) is 2. The number of fused-ring (bicyclic) bond motifs is 1. The minimum absolute atomic E-state index is 0.126. The van der Waals surface area contributed by atoms with Gasteiger partial charge in [0.2, 0.25) is 5.91 Å². The Morgan fingerprint density at radius 2 is 1.79 bits per heavy atom. The van der Waals surface area contributed by atoms with Crippen LogP contribution in [0.5, 0.6) is 5.75 Å². The van der Waals surface area contributed by atoms with Gasteiger partial charge >= 0.3 is 0 Å². The third kappa shape index (κ3) is 5.04. The summed E-state index contributed by atoms with van der Waals surface area (Å²) in [5.41, 5.74) is 2.34. The molecule has 1 amide bonds. The van der Waals surface area contributed by atoms with Crippen molar-refractivity contribution in [2.45, 2.75) is 24.3 Å². The third-order valence-corrected chi connectivity index (χ3v) is 6.01. The molecule has 2 aromatic carbocycles. The Bertz CT molecular complexity index is 926. The van der Waals surface area contributed by atoms with Gasteiger partial charge in [0.15, 0.2) is 9.84 Å². The average molecular weight is 403 g/mol. The van der Waals surface area contributed by atoms with E-state index in [1.807, 2.05) is 17.0 Å². The van der Waals surface area contributed by atoms with Crippen molar-refractivity contribution in [2.24, 2.45) is 0 Å². The fraction of sp³-hybridized carbons (Fsp3) is 0.381. The van der Waals surface area contributed by atoms with E-state index in [-0.39, 0.29) is 10.8 Å². The lowest BCUT2D eigenvalue weighted by Gasteiger charge is -2.21. The van der Waals surface area contributed by atoms with Gasteiger partial charge in [-0.3, -0.25) is 4.79 Å². The minimum atomic E-state index is -3.21. The van der Waals surface area contributed by atoms with Crippen molar-refractivity contribution in [3.8, 4) is 5.75 Å². The smallest absolute Gasteiger partial charge is 0.223 e. The molecule has 0 atom stereocenters. The topological polar surface area (TPSA) is 66.9 Å². The predicted molar refractivity (Wildman–Crippen MR) is 109 cm³/mol. The molecule has 0 saturated carbocycles. The number of para-hydroxylation sites is 1. The van der Waals surface area contributed by atoms with Crippen molar-refractivity contribution in [1.82, 2.24) is 4.90 Å². The van der Waals surface area contributed by atoms with Crippen molar-refractivity contribution in [3.05, 3.63) is 54.1 Å². The summed E-state index contributed by atoms with van der Waals surface area (Å²) in [5.74, 6) is 0.728. The molecular weight excluding hydrogens is 376 g/mol. The Morgan fingerprint density at radius 1 is 1.07 bits per heavy atom. The van der Waals surface area contributed by atoms with Gasteiger partial charge in [-0.1, -0.05) is 18.2 Å². The second-order valence-electron chi connectivity index (χ2n) is 7.06. The zero-order chi connectivity index (χ0) is 20.1. The Labute approximate surface area is 166 Å². The second-order valence-corrected chi connectivity index (χ2v) is 9.08. The van der Waals surface area contributed by atoms with Crippen LogP contribution in [0.4, 0.5) is 5.69 Å². The molecule has 0 fully saturated rings. The number of sulfone groups is 1. The van der Waals surface area contributed by atoms with E-state index >= 15 is 0 Å². The highest BCUT2D eigenvalue weighted by Crippen LogP contribution is 2.24. The molecule has 150 valence electrons. The van der Waals surface area contributed by atoms with E-state index in [0.29, 0.717) is 38.3 Å². The molecule has 0 spiro atoms. The van der Waals surface area contributed by atoms with Crippen molar-refractivity contribution >= 4 is 21.4 Å². The van der Waals surface area contributed by atoms with Gasteiger partial charge < -0.3 is 14.5 Å². The highest BCUT2D eigenvalue weighted by Gasteiger charge is 2.20. The molecule has 6 nitrogen and oxygen atoms in total. The van der Waals surface area contributed by atoms with Crippen LogP contribution in [0.3, 0.4) is 0 Å². The van der Waals surface area contributed by atoms with E-state index < -0.39 is 9.84 Å². The van der Waals surface area contributed by atoms with Crippen LogP contribution >= 0.6 is 0 Å². The largest absolute Gasteiger partial charge is 0.494 e. The van der Waals surface area contributed by atoms with Crippen LogP contribution in [-0.2, 0) is 21.2 Å². The maximum Gasteiger partial charge on any atom is 0.223 e. The Morgan fingerprint density at radius 3 is 2.50 bits per heavy atom. The first kappa shape index (κ1) is 20.2. The van der Waals surface area contributed by atoms with Gasteiger partial charge in [0.1, 0.15) is 5.75 Å². The van der Waals surface area contributed by atoms with E-state index in [9.17, 15) is 13.2 Å². The molecule has 0 aliphatic carbocycles. The van der Waals surface area contributed by atoms with Crippen molar-refractivity contribution in [1.29, 1.82) is 0 Å². The number of carbonyl (C=O) groups excluding carboxylic acids is 1. The molecule has 0 unspecified atom stereocenters. The van der Waals surface area contributed by atoms with Crippen LogP contribution in [0.2, 0.25) is 0 Å². The molecule has 1 heterocycles. The van der Waals surface area contributed by atoms with Gasteiger partial charge in [0.25, 0.3) is 0 Å². The standard InChI is InChI=1S/C21H26N2O4S/c1-22-13-14-23(16-17-6-3-4-7-20(17)22)21(24)8-5-15-27-18-9-11-19(12-10-18)28(2,25)26/h3-4,6-7,9-12H,5,8,13-16H2,1-2H3. The summed E-state index contributed by atoms with van der Waals surface area (Å²) in [6.45, 7) is 2.56. The molecule has 0 aromatic heterocycles. The van der Waals surface area contributed by atoms with Gasteiger partial charge in [0.05, 0.1) is 11.5 Å². The van der Waals surface area contributed by atoms with Crippen LogP contribution in [-0.4, -0.2) is 52.2 Å². The zero-order valence-electron chi connectivity index (χ0n) is 16.3.